The fourth-order valence-corrected chi connectivity index (χ4v) is 4.45. The highest BCUT2D eigenvalue weighted by atomic mass is 16.2. The normalized spacial score (nSPS) is 23.4. The fourth-order valence-electron chi connectivity index (χ4n) is 4.45. The summed E-state index contributed by atoms with van der Waals surface area (Å²) >= 11 is 0. The number of hydrogen-bond acceptors (Lipinski definition) is 2. The highest BCUT2D eigenvalue weighted by molar-refractivity contribution is 5.87. The van der Waals surface area contributed by atoms with Crippen molar-refractivity contribution >= 4 is 11.8 Å². The van der Waals surface area contributed by atoms with Crippen molar-refractivity contribution < 1.29 is 9.59 Å². The second kappa shape index (κ2) is 8.07. The number of benzene rings is 1. The van der Waals surface area contributed by atoms with E-state index in [1.54, 1.807) is 4.90 Å². The second-order valence-electron chi connectivity index (χ2n) is 7.94. The van der Waals surface area contributed by atoms with Gasteiger partial charge in [-0.05, 0) is 54.7 Å². The van der Waals surface area contributed by atoms with E-state index in [1.165, 1.54) is 17.2 Å². The van der Waals surface area contributed by atoms with Gasteiger partial charge in [-0.15, -0.1) is 0 Å². The van der Waals surface area contributed by atoms with Crippen LogP contribution in [-0.4, -0.2) is 29.8 Å². The van der Waals surface area contributed by atoms with E-state index in [0.29, 0.717) is 24.9 Å². The number of piperidine rings is 1. The molecule has 0 bridgehead atoms. The van der Waals surface area contributed by atoms with E-state index >= 15 is 0 Å². The van der Waals surface area contributed by atoms with Crippen LogP contribution < -0.4 is 5.32 Å². The number of likely N-dealkylation sites (tertiary alicyclic amines) is 1. The van der Waals surface area contributed by atoms with Crippen molar-refractivity contribution in [3.05, 3.63) is 48.0 Å². The van der Waals surface area contributed by atoms with Gasteiger partial charge in [0, 0.05) is 19.0 Å². The average Bonchev–Trinajstić information content (AvgIpc) is 2.67. The Kier molecular flexibility index (Phi) is 5.80. The minimum absolute atomic E-state index is 0.00855. The third-order valence-electron chi connectivity index (χ3n) is 6.07. The molecule has 0 saturated carbocycles. The minimum atomic E-state index is -0.0371. The standard InChI is InChI=1S/C22H30N2O2/c1-4-20(25)24-13-11-17(12-14-24)22(26)23-21-18(15(2)3)10-9-16-7-5-6-8-19(16)21/h4-8,15,17-18,21H,1,9-14H2,2-3H3,(H,23,26). The van der Waals surface area contributed by atoms with Crippen LogP contribution >= 0.6 is 0 Å². The number of nitrogens with one attached hydrogen (secondary N) is 1. The van der Waals surface area contributed by atoms with E-state index in [1.807, 2.05) is 0 Å². The monoisotopic (exact) mass is 354 g/mol. The molecule has 1 saturated heterocycles. The van der Waals surface area contributed by atoms with E-state index in [2.05, 4.69) is 50.0 Å². The van der Waals surface area contributed by atoms with E-state index in [-0.39, 0.29) is 23.8 Å². The predicted molar refractivity (Wildman–Crippen MR) is 103 cm³/mol. The summed E-state index contributed by atoms with van der Waals surface area (Å²) in [6.07, 6.45) is 5.02. The average molecular weight is 354 g/mol. The van der Waals surface area contributed by atoms with Gasteiger partial charge >= 0.3 is 0 Å². The molecule has 0 aromatic heterocycles. The summed E-state index contributed by atoms with van der Waals surface area (Å²) in [6.45, 7) is 9.31. The summed E-state index contributed by atoms with van der Waals surface area (Å²) in [7, 11) is 0. The van der Waals surface area contributed by atoms with Crippen LogP contribution in [-0.2, 0) is 16.0 Å². The van der Waals surface area contributed by atoms with Gasteiger partial charge in [-0.1, -0.05) is 44.7 Å². The number of carbonyl (C=O) groups is 2. The molecule has 4 nitrogen and oxygen atoms in total. The zero-order chi connectivity index (χ0) is 18.7. The third kappa shape index (κ3) is 3.84. The minimum Gasteiger partial charge on any atom is -0.349 e. The molecule has 1 fully saturated rings. The Balaban J connectivity index is 1.69. The first-order chi connectivity index (χ1) is 12.5. The first-order valence-corrected chi connectivity index (χ1v) is 9.80. The summed E-state index contributed by atoms with van der Waals surface area (Å²) in [4.78, 5) is 26.5. The second-order valence-corrected chi connectivity index (χ2v) is 7.94. The Morgan fingerprint density at radius 1 is 1.19 bits per heavy atom. The van der Waals surface area contributed by atoms with Crippen molar-refractivity contribution in [3.63, 3.8) is 0 Å². The maximum atomic E-state index is 13.0. The molecule has 0 radical (unpaired) electrons. The van der Waals surface area contributed by atoms with Gasteiger partial charge in [-0.2, -0.15) is 0 Å². The van der Waals surface area contributed by atoms with Crippen LogP contribution in [0.3, 0.4) is 0 Å². The van der Waals surface area contributed by atoms with Gasteiger partial charge in [0.25, 0.3) is 0 Å². The number of carbonyl (C=O) groups excluding carboxylic acids is 2. The lowest BCUT2D eigenvalue weighted by atomic mass is 9.74. The van der Waals surface area contributed by atoms with Crippen molar-refractivity contribution in [1.82, 2.24) is 10.2 Å². The zero-order valence-electron chi connectivity index (χ0n) is 15.9. The number of nitrogens with zero attached hydrogens (tertiary/aromatic N) is 1. The van der Waals surface area contributed by atoms with Crippen LogP contribution in [0.25, 0.3) is 0 Å². The van der Waals surface area contributed by atoms with E-state index in [9.17, 15) is 9.59 Å². The number of amides is 2. The Labute approximate surface area is 156 Å². The molecule has 1 aliphatic carbocycles. The summed E-state index contributed by atoms with van der Waals surface area (Å²) in [5, 5.41) is 3.37. The predicted octanol–water partition coefficient (Wildman–Crippen LogP) is 3.49. The SMILES string of the molecule is C=CC(=O)N1CCC(C(=O)NC2c3ccccc3CCC2C(C)C)CC1. The molecule has 1 aliphatic heterocycles. The molecule has 140 valence electrons. The van der Waals surface area contributed by atoms with E-state index in [0.717, 1.165) is 25.7 Å². The molecule has 1 heterocycles. The molecule has 26 heavy (non-hydrogen) atoms. The van der Waals surface area contributed by atoms with Crippen molar-refractivity contribution in [2.45, 2.75) is 45.6 Å². The Morgan fingerprint density at radius 3 is 2.54 bits per heavy atom. The van der Waals surface area contributed by atoms with Gasteiger partial charge in [-0.3, -0.25) is 9.59 Å². The molecule has 2 unspecified atom stereocenters. The molecule has 3 rings (SSSR count). The first-order valence-electron chi connectivity index (χ1n) is 9.80. The highest BCUT2D eigenvalue weighted by Crippen LogP contribution is 2.38. The van der Waals surface area contributed by atoms with Crippen molar-refractivity contribution in [3.8, 4) is 0 Å². The lowest BCUT2D eigenvalue weighted by Crippen LogP contribution is -2.45. The van der Waals surface area contributed by atoms with Gasteiger partial charge in [0.2, 0.25) is 11.8 Å². The molecule has 2 atom stereocenters. The molecule has 0 spiro atoms. The number of aryl methyl sites for hydroxylation is 1. The van der Waals surface area contributed by atoms with Gasteiger partial charge in [0.1, 0.15) is 0 Å². The van der Waals surface area contributed by atoms with Gasteiger partial charge in [0.05, 0.1) is 6.04 Å². The Morgan fingerprint density at radius 2 is 1.88 bits per heavy atom. The highest BCUT2D eigenvalue weighted by Gasteiger charge is 2.34. The smallest absolute Gasteiger partial charge is 0.245 e. The maximum Gasteiger partial charge on any atom is 0.245 e. The van der Waals surface area contributed by atoms with Crippen molar-refractivity contribution in [2.75, 3.05) is 13.1 Å². The lowest BCUT2D eigenvalue weighted by molar-refractivity contribution is -0.132. The number of rotatable bonds is 4. The van der Waals surface area contributed by atoms with Gasteiger partial charge < -0.3 is 10.2 Å². The molecule has 1 N–H and O–H groups in total. The number of hydrogen-bond donors (Lipinski definition) is 1. The van der Waals surface area contributed by atoms with Gasteiger partial charge in [0.15, 0.2) is 0 Å². The third-order valence-corrected chi connectivity index (χ3v) is 6.07. The van der Waals surface area contributed by atoms with Crippen LogP contribution in [0.15, 0.2) is 36.9 Å². The van der Waals surface area contributed by atoms with Gasteiger partial charge in [-0.25, -0.2) is 0 Å². The Hall–Kier alpha value is -2.10. The molecule has 4 heteroatoms. The Bertz CT molecular complexity index is 674. The zero-order valence-corrected chi connectivity index (χ0v) is 15.9. The molecule has 1 aromatic carbocycles. The van der Waals surface area contributed by atoms with Crippen LogP contribution in [0.2, 0.25) is 0 Å². The van der Waals surface area contributed by atoms with Crippen molar-refractivity contribution in [1.29, 1.82) is 0 Å². The summed E-state index contributed by atoms with van der Waals surface area (Å²) in [5.74, 6) is 1.09. The molecular formula is C22H30N2O2. The van der Waals surface area contributed by atoms with Crippen LogP contribution in [0, 0.1) is 17.8 Å². The van der Waals surface area contributed by atoms with E-state index < -0.39 is 0 Å². The topological polar surface area (TPSA) is 49.4 Å². The molecular weight excluding hydrogens is 324 g/mol. The van der Waals surface area contributed by atoms with Crippen LogP contribution in [0.1, 0.15) is 50.3 Å². The largest absolute Gasteiger partial charge is 0.349 e. The summed E-state index contributed by atoms with van der Waals surface area (Å²) in [5.41, 5.74) is 2.64. The maximum absolute atomic E-state index is 13.0. The van der Waals surface area contributed by atoms with E-state index in [4.69, 9.17) is 0 Å². The van der Waals surface area contributed by atoms with Crippen molar-refractivity contribution in [2.24, 2.45) is 17.8 Å². The lowest BCUT2D eigenvalue weighted by Gasteiger charge is -2.38. The number of fused-ring (bicyclic) bond motifs is 1. The summed E-state index contributed by atoms with van der Waals surface area (Å²) < 4.78 is 0. The quantitative estimate of drug-likeness (QED) is 0.842. The molecule has 2 amide bonds. The van der Waals surface area contributed by atoms with Crippen LogP contribution in [0.4, 0.5) is 0 Å². The first kappa shape index (κ1) is 18.7. The molecule has 1 aromatic rings. The summed E-state index contributed by atoms with van der Waals surface area (Å²) in [6, 6.07) is 8.60. The fraction of sp³-hybridized carbons (Fsp3) is 0.545. The van der Waals surface area contributed by atoms with Crippen LogP contribution in [0.5, 0.6) is 0 Å². The molecule has 2 aliphatic rings.